The summed E-state index contributed by atoms with van der Waals surface area (Å²) in [5, 5.41) is 13.4. The van der Waals surface area contributed by atoms with Gasteiger partial charge in [0, 0.05) is 17.1 Å². The molecule has 10 heteroatoms. The van der Waals surface area contributed by atoms with Crippen molar-refractivity contribution in [2.45, 2.75) is 35.7 Å². The lowest BCUT2D eigenvalue weighted by Crippen LogP contribution is -1.97. The van der Waals surface area contributed by atoms with E-state index in [-0.39, 0.29) is 5.82 Å². The second-order valence-corrected chi connectivity index (χ2v) is 7.64. The van der Waals surface area contributed by atoms with Crippen molar-refractivity contribution < 1.29 is 8.81 Å². The van der Waals surface area contributed by atoms with E-state index in [0.717, 1.165) is 11.4 Å². The lowest BCUT2D eigenvalue weighted by Gasteiger charge is -1.99. The number of halogens is 1. The average molecular weight is 402 g/mol. The number of nitrogens with zero attached hydrogens (tertiary/aromatic N) is 6. The molecule has 0 unspecified atom stereocenters. The van der Waals surface area contributed by atoms with Crippen LogP contribution < -0.4 is 0 Å². The fourth-order valence-electron chi connectivity index (χ4n) is 2.45. The lowest BCUT2D eigenvalue weighted by molar-refractivity contribution is 0.426. The molecule has 0 saturated carbocycles. The standard InChI is InChI=1S/C17H15FN6OS2/c1-10-7-11(2)24-15(19-10)20-16(23-24)26-9-14-21-22-17(25-14)27-8-12-5-3-4-6-13(12)18/h3-7H,8-9H2,1-2H3. The smallest absolute Gasteiger partial charge is 0.276 e. The number of aryl methyl sites for hydroxylation is 2. The van der Waals surface area contributed by atoms with Gasteiger partial charge in [-0.3, -0.25) is 0 Å². The van der Waals surface area contributed by atoms with Crippen molar-refractivity contribution in [2.75, 3.05) is 0 Å². The molecule has 0 atom stereocenters. The Hall–Kier alpha value is -2.46. The first kappa shape index (κ1) is 17.9. The summed E-state index contributed by atoms with van der Waals surface area (Å²) in [5.74, 6) is 1.68. The molecule has 138 valence electrons. The van der Waals surface area contributed by atoms with Gasteiger partial charge in [0.25, 0.3) is 11.0 Å². The number of fused-ring (bicyclic) bond motifs is 1. The van der Waals surface area contributed by atoms with Gasteiger partial charge in [-0.05, 0) is 31.5 Å². The highest BCUT2D eigenvalue weighted by atomic mass is 32.2. The molecule has 3 aromatic heterocycles. The predicted octanol–water partition coefficient (Wildman–Crippen LogP) is 3.85. The molecule has 27 heavy (non-hydrogen) atoms. The molecule has 0 N–H and O–H groups in total. The van der Waals surface area contributed by atoms with Crippen LogP contribution in [0.25, 0.3) is 5.78 Å². The highest BCUT2D eigenvalue weighted by Gasteiger charge is 2.12. The summed E-state index contributed by atoms with van der Waals surface area (Å²) in [7, 11) is 0. The Labute approximate surface area is 162 Å². The summed E-state index contributed by atoms with van der Waals surface area (Å²) in [4.78, 5) is 8.78. The van der Waals surface area contributed by atoms with Crippen LogP contribution in [0, 0.1) is 19.7 Å². The predicted molar refractivity (Wildman–Crippen MR) is 100 cm³/mol. The van der Waals surface area contributed by atoms with E-state index in [4.69, 9.17) is 4.42 Å². The van der Waals surface area contributed by atoms with Crippen LogP contribution in [-0.2, 0) is 11.5 Å². The van der Waals surface area contributed by atoms with E-state index in [1.807, 2.05) is 19.9 Å². The molecule has 0 bridgehead atoms. The maximum Gasteiger partial charge on any atom is 0.276 e. The first-order valence-electron chi connectivity index (χ1n) is 8.11. The van der Waals surface area contributed by atoms with E-state index in [1.165, 1.54) is 29.6 Å². The van der Waals surface area contributed by atoms with Crippen LogP contribution in [0.3, 0.4) is 0 Å². The molecule has 0 saturated heterocycles. The van der Waals surface area contributed by atoms with Crippen LogP contribution in [0.5, 0.6) is 0 Å². The van der Waals surface area contributed by atoms with Gasteiger partial charge >= 0.3 is 0 Å². The van der Waals surface area contributed by atoms with E-state index < -0.39 is 0 Å². The molecule has 7 nitrogen and oxygen atoms in total. The van der Waals surface area contributed by atoms with Gasteiger partial charge in [-0.2, -0.15) is 4.98 Å². The molecule has 4 aromatic rings. The summed E-state index contributed by atoms with van der Waals surface area (Å²) < 4.78 is 21.0. The zero-order chi connectivity index (χ0) is 18.8. The van der Waals surface area contributed by atoms with E-state index >= 15 is 0 Å². The Morgan fingerprint density at radius 1 is 1.07 bits per heavy atom. The number of hydrogen-bond acceptors (Lipinski definition) is 8. The van der Waals surface area contributed by atoms with Crippen LogP contribution in [0.2, 0.25) is 0 Å². The van der Waals surface area contributed by atoms with Gasteiger partial charge < -0.3 is 4.42 Å². The Kier molecular flexibility index (Phi) is 5.08. The van der Waals surface area contributed by atoms with Gasteiger partial charge in [0.05, 0.1) is 5.75 Å². The van der Waals surface area contributed by atoms with Gasteiger partial charge in [0.1, 0.15) is 5.82 Å². The topological polar surface area (TPSA) is 82.0 Å². The minimum absolute atomic E-state index is 0.239. The molecule has 4 rings (SSSR count). The maximum atomic E-state index is 13.6. The van der Waals surface area contributed by atoms with Crippen molar-refractivity contribution in [1.29, 1.82) is 0 Å². The minimum atomic E-state index is -0.239. The van der Waals surface area contributed by atoms with Crippen LogP contribution in [0.15, 0.2) is 45.1 Å². The number of hydrogen-bond donors (Lipinski definition) is 0. The minimum Gasteiger partial charge on any atom is -0.415 e. The van der Waals surface area contributed by atoms with E-state index in [0.29, 0.717) is 39.1 Å². The number of thioether (sulfide) groups is 2. The summed E-state index contributed by atoms with van der Waals surface area (Å²) in [5.41, 5.74) is 2.47. The number of rotatable bonds is 6. The van der Waals surface area contributed by atoms with Crippen LogP contribution in [0.4, 0.5) is 4.39 Å². The van der Waals surface area contributed by atoms with E-state index in [1.54, 1.807) is 22.7 Å². The SMILES string of the molecule is Cc1cc(C)n2nc(SCc3nnc(SCc4ccccc4F)o3)nc2n1. The van der Waals surface area contributed by atoms with Gasteiger partial charge in [-0.1, -0.05) is 41.7 Å². The molecule has 3 heterocycles. The molecule has 0 aliphatic carbocycles. The number of aromatic nitrogens is 6. The molecule has 0 aliphatic rings. The van der Waals surface area contributed by atoms with Crippen molar-refractivity contribution in [3.8, 4) is 0 Å². The second kappa shape index (κ2) is 7.65. The summed E-state index contributed by atoms with van der Waals surface area (Å²) >= 11 is 2.70. The molecule has 0 radical (unpaired) electrons. The second-order valence-electron chi connectivity index (χ2n) is 5.78. The molecule has 0 spiro atoms. The van der Waals surface area contributed by atoms with Gasteiger partial charge in [0.15, 0.2) is 0 Å². The molecule has 1 aromatic carbocycles. The quantitative estimate of drug-likeness (QED) is 0.450. The van der Waals surface area contributed by atoms with Crippen LogP contribution >= 0.6 is 23.5 Å². The maximum absolute atomic E-state index is 13.6. The molecule has 0 aliphatic heterocycles. The Morgan fingerprint density at radius 2 is 1.93 bits per heavy atom. The first-order valence-corrected chi connectivity index (χ1v) is 10.1. The third-order valence-electron chi connectivity index (χ3n) is 3.68. The Bertz CT molecular complexity index is 1100. The zero-order valence-electron chi connectivity index (χ0n) is 14.6. The monoisotopic (exact) mass is 402 g/mol. The summed E-state index contributed by atoms with van der Waals surface area (Å²) in [6, 6.07) is 8.59. The molecular formula is C17H15FN6OS2. The molecule has 0 amide bonds. The van der Waals surface area contributed by atoms with Crippen molar-refractivity contribution in [3.63, 3.8) is 0 Å². The van der Waals surface area contributed by atoms with Crippen LogP contribution in [-0.4, -0.2) is 29.8 Å². The van der Waals surface area contributed by atoms with Gasteiger partial charge in [-0.25, -0.2) is 13.9 Å². The van der Waals surface area contributed by atoms with Crippen molar-refractivity contribution in [3.05, 3.63) is 59.0 Å². The van der Waals surface area contributed by atoms with Crippen molar-refractivity contribution in [2.24, 2.45) is 0 Å². The normalized spacial score (nSPS) is 11.4. The Morgan fingerprint density at radius 3 is 2.78 bits per heavy atom. The van der Waals surface area contributed by atoms with Crippen molar-refractivity contribution >= 4 is 29.3 Å². The largest absolute Gasteiger partial charge is 0.415 e. The molecule has 0 fully saturated rings. The third-order valence-corrected chi connectivity index (χ3v) is 5.37. The van der Waals surface area contributed by atoms with E-state index in [2.05, 4.69) is 25.3 Å². The molecular weight excluding hydrogens is 387 g/mol. The number of benzene rings is 1. The fourth-order valence-corrected chi connectivity index (χ4v) is 3.87. The zero-order valence-corrected chi connectivity index (χ0v) is 16.2. The van der Waals surface area contributed by atoms with Gasteiger partial charge in [0.2, 0.25) is 11.0 Å². The summed E-state index contributed by atoms with van der Waals surface area (Å²) in [6.07, 6.45) is 0. The lowest BCUT2D eigenvalue weighted by atomic mass is 10.2. The highest BCUT2D eigenvalue weighted by molar-refractivity contribution is 7.98. The highest BCUT2D eigenvalue weighted by Crippen LogP contribution is 2.25. The summed E-state index contributed by atoms with van der Waals surface area (Å²) in [6.45, 7) is 3.88. The fraction of sp³-hybridized carbons (Fsp3) is 0.235. The van der Waals surface area contributed by atoms with Crippen LogP contribution in [0.1, 0.15) is 22.8 Å². The van der Waals surface area contributed by atoms with E-state index in [9.17, 15) is 4.39 Å². The average Bonchev–Trinajstić information content (AvgIpc) is 3.26. The Balaban J connectivity index is 1.38. The van der Waals surface area contributed by atoms with Crippen molar-refractivity contribution in [1.82, 2.24) is 29.8 Å². The third kappa shape index (κ3) is 4.11. The first-order chi connectivity index (χ1) is 13.1. The van der Waals surface area contributed by atoms with Gasteiger partial charge in [-0.15, -0.1) is 15.3 Å².